The number of allylic oxidation sites excluding steroid dienone is 4. The first-order chi connectivity index (χ1) is 15.1. The van der Waals surface area contributed by atoms with Crippen LogP contribution in [0.5, 0.6) is 0 Å². The molecule has 1 aromatic rings. The number of anilines is 1. The first-order valence-electron chi connectivity index (χ1n) is 11.3. The second-order valence-corrected chi connectivity index (χ2v) is 9.58. The van der Waals surface area contributed by atoms with Crippen molar-refractivity contribution < 1.29 is 14.4 Å². The van der Waals surface area contributed by atoms with Gasteiger partial charge in [-0.15, -0.1) is 0 Å². The van der Waals surface area contributed by atoms with Gasteiger partial charge >= 0.3 is 0 Å². The summed E-state index contributed by atoms with van der Waals surface area (Å²) in [5.74, 6) is -0.0192. The summed E-state index contributed by atoms with van der Waals surface area (Å²) in [6, 6.07) is 3.94. The second kappa shape index (κ2) is 10.0. The van der Waals surface area contributed by atoms with E-state index in [2.05, 4.69) is 4.90 Å². The minimum Gasteiger partial charge on any atom is -0.371 e. The van der Waals surface area contributed by atoms with Crippen LogP contribution in [-0.4, -0.2) is 48.6 Å². The molecule has 172 valence electrons. The van der Waals surface area contributed by atoms with Gasteiger partial charge in [0.25, 0.3) is 0 Å². The summed E-state index contributed by atoms with van der Waals surface area (Å²) in [4.78, 5) is 41.2. The summed E-state index contributed by atoms with van der Waals surface area (Å²) < 4.78 is 0. The number of carbonyl (C=O) groups is 3. The number of hydrogen-bond donors (Lipinski definition) is 0. The van der Waals surface area contributed by atoms with Crippen molar-refractivity contribution in [3.8, 4) is 0 Å². The van der Waals surface area contributed by atoms with Gasteiger partial charge in [0.2, 0.25) is 5.91 Å². The average Bonchev–Trinajstić information content (AvgIpc) is 2.73. The third-order valence-electron chi connectivity index (χ3n) is 6.86. The maximum Gasteiger partial charge on any atom is 0.219 e. The molecular formula is C26H33ClN2O3. The highest BCUT2D eigenvalue weighted by molar-refractivity contribution is 6.31. The number of carbonyl (C=O) groups excluding carboxylic acids is 3. The van der Waals surface area contributed by atoms with E-state index in [9.17, 15) is 14.4 Å². The zero-order valence-electron chi connectivity index (χ0n) is 19.7. The predicted octanol–water partition coefficient (Wildman–Crippen LogP) is 5.15. The van der Waals surface area contributed by atoms with Crippen molar-refractivity contribution in [2.24, 2.45) is 5.92 Å². The molecule has 1 aliphatic heterocycles. The molecule has 5 nitrogen and oxygen atoms in total. The van der Waals surface area contributed by atoms with E-state index in [1.54, 1.807) is 19.1 Å². The van der Waals surface area contributed by atoms with Crippen LogP contribution in [0, 0.1) is 12.8 Å². The Labute approximate surface area is 196 Å². The van der Waals surface area contributed by atoms with Crippen molar-refractivity contribution in [2.45, 2.75) is 59.4 Å². The van der Waals surface area contributed by atoms with Crippen LogP contribution in [0.25, 0.3) is 0 Å². The summed E-state index contributed by atoms with van der Waals surface area (Å²) in [5, 5.41) is 0.533. The molecule has 1 amide bonds. The summed E-state index contributed by atoms with van der Waals surface area (Å²) in [7, 11) is 2.03. The van der Waals surface area contributed by atoms with E-state index in [0.717, 1.165) is 48.3 Å². The molecule has 2 aliphatic rings. The minimum absolute atomic E-state index is 0.0120. The predicted molar refractivity (Wildman–Crippen MR) is 129 cm³/mol. The van der Waals surface area contributed by atoms with Gasteiger partial charge in [0, 0.05) is 61.7 Å². The van der Waals surface area contributed by atoms with Crippen molar-refractivity contribution in [1.82, 2.24) is 4.90 Å². The van der Waals surface area contributed by atoms with Crippen LogP contribution < -0.4 is 4.90 Å². The summed E-state index contributed by atoms with van der Waals surface area (Å²) in [6.07, 6.45) is 6.25. The van der Waals surface area contributed by atoms with Crippen LogP contribution in [0.1, 0.15) is 62.4 Å². The zero-order chi connectivity index (χ0) is 23.6. The molecule has 0 N–H and O–H groups in total. The normalized spacial score (nSPS) is 19.5. The molecule has 0 spiro atoms. The lowest BCUT2D eigenvalue weighted by Crippen LogP contribution is -2.45. The highest BCUT2D eigenvalue weighted by Crippen LogP contribution is 2.32. The lowest BCUT2D eigenvalue weighted by atomic mass is 9.84. The van der Waals surface area contributed by atoms with Gasteiger partial charge in [-0.2, -0.15) is 0 Å². The smallest absolute Gasteiger partial charge is 0.219 e. The van der Waals surface area contributed by atoms with Crippen LogP contribution >= 0.6 is 11.6 Å². The van der Waals surface area contributed by atoms with E-state index >= 15 is 0 Å². The molecule has 1 unspecified atom stereocenters. The first kappa shape index (κ1) is 24.2. The van der Waals surface area contributed by atoms with E-state index < -0.39 is 0 Å². The Morgan fingerprint density at radius 2 is 1.78 bits per heavy atom. The van der Waals surface area contributed by atoms with Crippen molar-refractivity contribution >= 4 is 34.8 Å². The molecule has 1 atom stereocenters. The standard InChI is InChI=1S/C26H33ClN2O3/c1-16-12-17(2)22(26(32)13-16)6-7-25(31)23-14-20(27)15-24(18(23)3)28(5)21-8-10-29(11-9-21)19(4)30/h12-15,21-22H,6-11H2,1-5H3. The van der Waals surface area contributed by atoms with Crippen LogP contribution in [0.15, 0.2) is 35.4 Å². The van der Waals surface area contributed by atoms with Gasteiger partial charge < -0.3 is 9.80 Å². The molecule has 1 heterocycles. The molecular weight excluding hydrogens is 424 g/mol. The number of likely N-dealkylation sites (tertiary alicyclic amines) is 1. The van der Waals surface area contributed by atoms with Crippen molar-refractivity contribution in [3.63, 3.8) is 0 Å². The van der Waals surface area contributed by atoms with Gasteiger partial charge in [0.05, 0.1) is 0 Å². The van der Waals surface area contributed by atoms with E-state index in [1.807, 2.05) is 44.9 Å². The van der Waals surface area contributed by atoms with Crippen LogP contribution in [-0.2, 0) is 9.59 Å². The SMILES string of the molecule is CC(=O)N1CCC(N(C)c2cc(Cl)cc(C(=O)CCC3C(=O)C=C(C)C=C3C)c2C)CC1. The van der Waals surface area contributed by atoms with E-state index in [4.69, 9.17) is 11.6 Å². The quantitative estimate of drug-likeness (QED) is 0.555. The van der Waals surface area contributed by atoms with Crippen LogP contribution in [0.4, 0.5) is 5.69 Å². The molecule has 0 aromatic heterocycles. The number of nitrogens with zero attached hydrogens (tertiary/aromatic N) is 2. The molecule has 32 heavy (non-hydrogen) atoms. The van der Waals surface area contributed by atoms with Gasteiger partial charge in [0.1, 0.15) is 0 Å². The minimum atomic E-state index is -0.226. The molecule has 3 rings (SSSR count). The fourth-order valence-corrected chi connectivity index (χ4v) is 5.13. The highest BCUT2D eigenvalue weighted by Gasteiger charge is 2.27. The summed E-state index contributed by atoms with van der Waals surface area (Å²) >= 11 is 6.42. The zero-order valence-corrected chi connectivity index (χ0v) is 20.5. The fraction of sp³-hybridized carbons (Fsp3) is 0.500. The van der Waals surface area contributed by atoms with Crippen LogP contribution in [0.2, 0.25) is 5.02 Å². The van der Waals surface area contributed by atoms with E-state index in [0.29, 0.717) is 23.4 Å². The molecule has 0 radical (unpaired) electrons. The second-order valence-electron chi connectivity index (χ2n) is 9.14. The number of piperidine rings is 1. The van der Waals surface area contributed by atoms with Gasteiger partial charge in [0.15, 0.2) is 11.6 Å². The number of Topliss-reactive ketones (excluding diaryl/α,β-unsaturated/α-hetero) is 1. The summed E-state index contributed by atoms with van der Waals surface area (Å²) in [6.45, 7) is 8.93. The Morgan fingerprint density at radius 1 is 1.12 bits per heavy atom. The van der Waals surface area contributed by atoms with Crippen molar-refractivity contribution in [2.75, 3.05) is 25.0 Å². The number of halogens is 1. The first-order valence-corrected chi connectivity index (χ1v) is 11.7. The number of hydrogen-bond acceptors (Lipinski definition) is 4. The monoisotopic (exact) mass is 456 g/mol. The van der Waals surface area contributed by atoms with Crippen LogP contribution in [0.3, 0.4) is 0 Å². The molecule has 0 bridgehead atoms. The molecule has 1 fully saturated rings. The molecule has 0 saturated carbocycles. The maximum absolute atomic E-state index is 13.1. The third kappa shape index (κ3) is 5.32. The summed E-state index contributed by atoms with van der Waals surface area (Å²) in [5.41, 5.74) is 4.46. The Bertz CT molecular complexity index is 987. The molecule has 1 aromatic carbocycles. The third-order valence-corrected chi connectivity index (χ3v) is 7.08. The molecule has 1 aliphatic carbocycles. The Kier molecular flexibility index (Phi) is 7.60. The number of ketones is 2. The fourth-order valence-electron chi connectivity index (χ4n) is 4.92. The highest BCUT2D eigenvalue weighted by atomic mass is 35.5. The largest absolute Gasteiger partial charge is 0.371 e. The topological polar surface area (TPSA) is 57.7 Å². The van der Waals surface area contributed by atoms with E-state index in [1.165, 1.54) is 0 Å². The lowest BCUT2D eigenvalue weighted by Gasteiger charge is -2.38. The average molecular weight is 457 g/mol. The Hall–Kier alpha value is -2.40. The maximum atomic E-state index is 13.1. The Morgan fingerprint density at radius 3 is 2.38 bits per heavy atom. The molecule has 1 saturated heterocycles. The van der Waals surface area contributed by atoms with Crippen molar-refractivity contribution in [3.05, 3.63) is 51.6 Å². The molecule has 6 heteroatoms. The van der Waals surface area contributed by atoms with Crippen molar-refractivity contribution in [1.29, 1.82) is 0 Å². The number of amides is 1. The van der Waals surface area contributed by atoms with Gasteiger partial charge in [-0.1, -0.05) is 23.3 Å². The Balaban J connectivity index is 1.73. The van der Waals surface area contributed by atoms with E-state index in [-0.39, 0.29) is 29.4 Å². The van der Waals surface area contributed by atoms with Gasteiger partial charge in [-0.25, -0.2) is 0 Å². The number of benzene rings is 1. The van der Waals surface area contributed by atoms with Gasteiger partial charge in [-0.3, -0.25) is 14.4 Å². The van der Waals surface area contributed by atoms with Gasteiger partial charge in [-0.05, 0) is 69.4 Å². The lowest BCUT2D eigenvalue weighted by molar-refractivity contribution is -0.129. The number of rotatable bonds is 6.